The Labute approximate surface area is 729 Å². The third-order valence-corrected chi connectivity index (χ3v) is 23.0. The number of likely N-dealkylation sites (tertiary alicyclic amines) is 1. The number of benzene rings is 2. The number of carbonyl (C=O) groups excluding carboxylic acids is 14. The molecule has 2 aromatic rings. The molecule has 41 nitrogen and oxygen atoms in total. The standard InChI is InChI=1S/C82H129N13O28P2/c1-16-51(6)72(93(13)81(108)70(49(2)3)91-80(107)71(50(4)5)92(11)12)63(115-14)46-69(101)94-34-20-23-61(94)73(116-15)52(7)75(102)85-53(8)74(57-21-18-17-19-22-57)123-125(113,114)122-48-56-24-26-58(27-25-56)88-77(104)55(10)86-76(103)54(9)87-78(105)60(45-66(98)89-59-30-36-121-82(59)109)90-65(97)31-35-117-38-40-119-42-43-120-41-39-118-37-33-83-79(106)62(95-67(99)28-29-68(95)100)47-84-64(96)32-44-124(110,111)112/h17-19,21-22,24-29,49-55,59-63,70-74H,16,20,23,30-48H2,1-15H3,(H,83,106)(H,84,96)(H,85,102)(H,86,103)(H,87,105)(H,88,104)(H,89,98)(H,90,97)(H,91,107)(H,113,114)(H2,110,111,112)/t51-,52+,53+,54-,55-,59-,60-,61-,62-,63+,70-,71-,72-,73+,74+/m0/s1. The fourth-order valence-electron chi connectivity index (χ4n) is 14.4. The Hall–Kier alpha value is -9.06. The lowest BCUT2D eigenvalue weighted by molar-refractivity contribution is -0.148. The molecular weight excluding hydrogens is 1680 g/mol. The lowest BCUT2D eigenvalue weighted by Gasteiger charge is -2.41. The van der Waals surface area contributed by atoms with Crippen LogP contribution in [-0.4, -0.2) is 310 Å². The molecule has 125 heavy (non-hydrogen) atoms. The molecule has 3 heterocycles. The maximum atomic E-state index is 14.6. The number of phosphoric ester groups is 1. The zero-order valence-corrected chi connectivity index (χ0v) is 75.7. The summed E-state index contributed by atoms with van der Waals surface area (Å²) in [4.78, 5) is 221. The van der Waals surface area contributed by atoms with Crippen molar-refractivity contribution in [2.45, 2.75) is 206 Å². The van der Waals surface area contributed by atoms with Crippen molar-refractivity contribution in [1.82, 2.24) is 62.1 Å². The van der Waals surface area contributed by atoms with Gasteiger partial charge in [0, 0.05) is 78.0 Å². The zero-order valence-electron chi connectivity index (χ0n) is 74.0. The number of nitrogens with one attached hydrogen (secondary N) is 9. The SMILES string of the molecule is CC[C@H](C)[C@@H]([C@@H](CC(=O)N1CCC[C@H]1[C@H](OC)[C@@H](C)C(=O)N[C@H](C)[C@@H](OP(=O)(O)OCc1ccc(NC(=O)[C@H](C)NC(=O)[C@H](C)NC(=O)[C@H](CC(=O)N[C@H]2CCOC2=O)NC(=O)CCOCCOCCOCCOCCNC(=O)[C@H](CNC(=O)CCP(=O)(O)O)N2C(=O)C=CC2=O)cc1)c1ccccc1)OC)N(C)C(=O)[C@@H](NC(=O)[C@H](C(C)C)N(C)C)C(C)C. The molecule has 2 aromatic carbocycles. The van der Waals surface area contributed by atoms with Gasteiger partial charge in [-0.2, -0.15) is 0 Å². The van der Waals surface area contributed by atoms with Crippen LogP contribution in [0.2, 0.25) is 0 Å². The number of carbonyl (C=O) groups is 14. The number of phosphoric acid groups is 1. The lowest BCUT2D eigenvalue weighted by Crippen LogP contribution is -2.59. The van der Waals surface area contributed by atoms with Gasteiger partial charge in [0.05, 0.1) is 127 Å². The van der Waals surface area contributed by atoms with Crippen LogP contribution in [0, 0.1) is 23.7 Å². The monoisotopic (exact) mass is 1810 g/mol. The Morgan fingerprint density at radius 1 is 0.624 bits per heavy atom. The Morgan fingerprint density at radius 2 is 1.22 bits per heavy atom. The molecule has 13 amide bonds. The minimum absolute atomic E-state index is 0.00573. The van der Waals surface area contributed by atoms with Crippen molar-refractivity contribution in [3.63, 3.8) is 0 Å². The Bertz CT molecular complexity index is 4020. The quantitative estimate of drug-likeness (QED) is 0.0190. The first kappa shape index (κ1) is 106. The van der Waals surface area contributed by atoms with E-state index in [0.717, 1.165) is 12.2 Å². The largest absolute Gasteiger partial charge is 0.473 e. The van der Waals surface area contributed by atoms with E-state index < -0.39 is 197 Å². The van der Waals surface area contributed by atoms with Gasteiger partial charge in [-0.3, -0.25) is 85.7 Å². The van der Waals surface area contributed by atoms with Crippen LogP contribution in [-0.2, 0) is 125 Å². The second-order valence-electron chi connectivity index (χ2n) is 31.8. The third-order valence-electron chi connectivity index (χ3n) is 21.3. The molecular formula is C82H129N13O28P2. The third kappa shape index (κ3) is 35.3. The lowest BCUT2D eigenvalue weighted by atomic mass is 9.89. The number of methoxy groups -OCH3 is 2. The topological polar surface area (TPSA) is 538 Å². The Balaban J connectivity index is 1.06. The van der Waals surface area contributed by atoms with Crippen LogP contribution < -0.4 is 47.9 Å². The molecule has 0 aliphatic carbocycles. The fraction of sp³-hybridized carbons (Fsp3) is 0.659. The predicted molar refractivity (Wildman–Crippen MR) is 452 cm³/mol. The van der Waals surface area contributed by atoms with E-state index in [0.29, 0.717) is 41.8 Å². The molecule has 5 rings (SSSR count). The van der Waals surface area contributed by atoms with Gasteiger partial charge in [-0.25, -0.2) is 9.36 Å². The number of likely N-dealkylation sites (N-methyl/N-ethyl adjacent to an activating group) is 2. The number of nitrogens with zero attached hydrogens (tertiary/aromatic N) is 4. The molecule has 1 unspecified atom stereocenters. The Morgan fingerprint density at radius 3 is 1.78 bits per heavy atom. The first-order chi connectivity index (χ1) is 59.0. The van der Waals surface area contributed by atoms with Gasteiger partial charge in [-0.15, -0.1) is 0 Å². The number of anilines is 1. The minimum Gasteiger partial charge on any atom is -0.464 e. The van der Waals surface area contributed by atoms with Gasteiger partial charge in [0.2, 0.25) is 65.0 Å². The van der Waals surface area contributed by atoms with Crippen LogP contribution in [0.5, 0.6) is 0 Å². The number of hydrogen-bond donors (Lipinski definition) is 12. The summed E-state index contributed by atoms with van der Waals surface area (Å²) in [7, 11) is -1.16. The highest BCUT2D eigenvalue weighted by Crippen LogP contribution is 2.50. The van der Waals surface area contributed by atoms with Gasteiger partial charge in [0.1, 0.15) is 42.4 Å². The van der Waals surface area contributed by atoms with Crippen molar-refractivity contribution in [2.75, 3.05) is 126 Å². The molecule has 43 heteroatoms. The fourth-order valence-corrected chi connectivity index (χ4v) is 15.8. The highest BCUT2D eigenvalue weighted by molar-refractivity contribution is 7.51. The van der Waals surface area contributed by atoms with Crippen LogP contribution in [0.4, 0.5) is 5.69 Å². The summed E-state index contributed by atoms with van der Waals surface area (Å²) in [6.07, 6.45) is -1.32. The molecule has 700 valence electrons. The van der Waals surface area contributed by atoms with Gasteiger partial charge < -0.3 is 105 Å². The second-order valence-corrected chi connectivity index (χ2v) is 35.0. The average Bonchev–Trinajstić information content (AvgIpc) is 1.78. The first-order valence-corrected chi connectivity index (χ1v) is 45.1. The van der Waals surface area contributed by atoms with Crippen LogP contribution in [0.3, 0.4) is 0 Å². The van der Waals surface area contributed by atoms with Gasteiger partial charge >= 0.3 is 21.4 Å². The van der Waals surface area contributed by atoms with Crippen LogP contribution in [0.15, 0.2) is 66.7 Å². The smallest absolute Gasteiger partial charge is 0.464 e. The van der Waals surface area contributed by atoms with Gasteiger partial charge in [-0.05, 0) is 88.7 Å². The molecule has 2 fully saturated rings. The van der Waals surface area contributed by atoms with Crippen molar-refractivity contribution in [1.29, 1.82) is 0 Å². The second kappa shape index (κ2) is 52.9. The minimum atomic E-state index is -4.96. The van der Waals surface area contributed by atoms with Gasteiger partial charge in [0.25, 0.3) is 11.8 Å². The number of imide groups is 1. The molecule has 12 N–H and O–H groups in total. The van der Waals surface area contributed by atoms with Crippen molar-refractivity contribution in [3.8, 4) is 0 Å². The predicted octanol–water partition coefficient (Wildman–Crippen LogP) is 1.02. The van der Waals surface area contributed by atoms with Crippen molar-refractivity contribution in [2.24, 2.45) is 23.7 Å². The van der Waals surface area contributed by atoms with E-state index in [2.05, 4.69) is 47.9 Å². The van der Waals surface area contributed by atoms with Crippen molar-refractivity contribution in [3.05, 3.63) is 77.9 Å². The molecule has 0 bridgehead atoms. The Kier molecular flexibility index (Phi) is 45.1. The normalized spacial score (nSPS) is 18.3. The molecule has 0 radical (unpaired) electrons. The van der Waals surface area contributed by atoms with E-state index in [1.54, 1.807) is 61.0 Å². The molecule has 0 saturated carbocycles. The number of cyclic esters (lactones) is 1. The summed E-state index contributed by atoms with van der Waals surface area (Å²) in [6.45, 7) is 17.4. The molecule has 0 aromatic heterocycles. The molecule has 3 aliphatic rings. The number of amides is 13. The van der Waals surface area contributed by atoms with E-state index in [9.17, 15) is 81.1 Å². The van der Waals surface area contributed by atoms with Crippen molar-refractivity contribution >= 4 is 104 Å². The highest BCUT2D eigenvalue weighted by Gasteiger charge is 2.45. The molecule has 0 spiro atoms. The maximum absolute atomic E-state index is 14.6. The average molecular weight is 1810 g/mol. The van der Waals surface area contributed by atoms with Gasteiger partial charge in [0.15, 0.2) is 0 Å². The van der Waals surface area contributed by atoms with E-state index in [-0.39, 0.29) is 126 Å². The maximum Gasteiger partial charge on any atom is 0.473 e. The summed E-state index contributed by atoms with van der Waals surface area (Å²) in [6, 6.07) is 4.37. The number of ether oxygens (including phenoxy) is 7. The van der Waals surface area contributed by atoms with Crippen LogP contribution >= 0.6 is 15.4 Å². The van der Waals surface area contributed by atoms with Crippen molar-refractivity contribution < 1.29 is 133 Å². The first-order valence-electron chi connectivity index (χ1n) is 41.8. The summed E-state index contributed by atoms with van der Waals surface area (Å²) >= 11 is 0. The van der Waals surface area contributed by atoms with Crippen LogP contribution in [0.1, 0.15) is 138 Å². The van der Waals surface area contributed by atoms with E-state index in [1.807, 2.05) is 60.5 Å². The molecule has 16 atom stereocenters. The summed E-state index contributed by atoms with van der Waals surface area (Å²) in [5, 5.41) is 23.3. The van der Waals surface area contributed by atoms with E-state index in [1.165, 1.54) is 52.3 Å². The number of rotatable bonds is 57. The number of hydrogen-bond acceptors (Lipinski definition) is 26. The summed E-state index contributed by atoms with van der Waals surface area (Å²) in [5.74, 6) is -10.5. The summed E-state index contributed by atoms with van der Waals surface area (Å²) in [5.41, 5.74) is 1.03. The number of esters is 1. The summed E-state index contributed by atoms with van der Waals surface area (Å²) < 4.78 is 75.4. The highest BCUT2D eigenvalue weighted by atomic mass is 31.2. The van der Waals surface area contributed by atoms with Gasteiger partial charge in [-0.1, -0.05) is 97.4 Å². The zero-order chi connectivity index (χ0) is 93.0. The molecule has 3 aliphatic heterocycles. The molecule has 2 saturated heterocycles. The van der Waals surface area contributed by atoms with Crippen LogP contribution in [0.25, 0.3) is 0 Å². The van der Waals surface area contributed by atoms with E-state index in [4.69, 9.17) is 52.0 Å². The van der Waals surface area contributed by atoms with E-state index >= 15 is 0 Å².